The number of nitrogens with one attached hydrogen (secondary N) is 1. The number of hydrogen-bond donors (Lipinski definition) is 1. The van der Waals surface area contributed by atoms with Crippen LogP contribution in [0, 0.1) is 5.92 Å². The maximum atomic E-state index is 5.56. The minimum absolute atomic E-state index is 0.341. The highest BCUT2D eigenvalue weighted by atomic mass is 16.5. The molecule has 4 heteroatoms. The van der Waals surface area contributed by atoms with Crippen molar-refractivity contribution in [2.24, 2.45) is 5.92 Å². The van der Waals surface area contributed by atoms with Gasteiger partial charge in [-0.25, -0.2) is 0 Å². The molecule has 0 amide bonds. The van der Waals surface area contributed by atoms with Gasteiger partial charge in [-0.05, 0) is 113 Å². The van der Waals surface area contributed by atoms with Crippen LogP contribution in [-0.4, -0.2) is 51.8 Å². The quantitative estimate of drug-likeness (QED) is 0.437. The molecule has 170 valence electrons. The molecule has 1 atom stereocenters. The summed E-state index contributed by atoms with van der Waals surface area (Å²) in [4.78, 5) is 2.65. The summed E-state index contributed by atoms with van der Waals surface area (Å²) in [6.07, 6.45) is 13.4. The molecule has 0 bridgehead atoms. The number of unbranched alkanes of at least 4 members (excludes halogenated alkanes) is 1. The number of benzene rings is 1. The molecule has 0 spiro atoms. The van der Waals surface area contributed by atoms with Gasteiger partial charge in [0, 0.05) is 0 Å². The highest BCUT2D eigenvalue weighted by molar-refractivity contribution is 5.45. The SMILES string of the molecule is COc1ccc(C2(CC(C)CCNCCCCN3CCCCC3)CCC2)cc1OC. The fourth-order valence-corrected chi connectivity index (χ4v) is 5.39. The van der Waals surface area contributed by atoms with Crippen molar-refractivity contribution in [1.29, 1.82) is 0 Å². The third-order valence-electron chi connectivity index (χ3n) is 7.39. The fourth-order valence-electron chi connectivity index (χ4n) is 5.39. The van der Waals surface area contributed by atoms with Crippen molar-refractivity contribution < 1.29 is 9.47 Å². The van der Waals surface area contributed by atoms with Gasteiger partial charge in [0.15, 0.2) is 11.5 Å². The largest absolute Gasteiger partial charge is 0.493 e. The lowest BCUT2D eigenvalue weighted by molar-refractivity contribution is 0.189. The van der Waals surface area contributed by atoms with E-state index in [0.717, 1.165) is 24.0 Å². The predicted molar refractivity (Wildman–Crippen MR) is 126 cm³/mol. The molecule has 1 N–H and O–H groups in total. The molecular weight excluding hydrogens is 372 g/mol. The van der Waals surface area contributed by atoms with Crippen LogP contribution in [0.4, 0.5) is 0 Å². The van der Waals surface area contributed by atoms with Crippen LogP contribution in [0.15, 0.2) is 18.2 Å². The van der Waals surface area contributed by atoms with Crippen LogP contribution in [0.1, 0.15) is 76.7 Å². The van der Waals surface area contributed by atoms with E-state index in [9.17, 15) is 0 Å². The third kappa shape index (κ3) is 6.37. The van der Waals surface area contributed by atoms with E-state index in [4.69, 9.17) is 9.47 Å². The average Bonchev–Trinajstić information content (AvgIpc) is 2.75. The van der Waals surface area contributed by atoms with Crippen LogP contribution in [0.3, 0.4) is 0 Å². The average molecular weight is 417 g/mol. The summed E-state index contributed by atoms with van der Waals surface area (Å²) in [5.41, 5.74) is 1.77. The topological polar surface area (TPSA) is 33.7 Å². The third-order valence-corrected chi connectivity index (χ3v) is 7.39. The number of piperidine rings is 1. The van der Waals surface area contributed by atoms with E-state index < -0.39 is 0 Å². The summed E-state index contributed by atoms with van der Waals surface area (Å²) in [7, 11) is 3.44. The van der Waals surface area contributed by atoms with Gasteiger partial charge < -0.3 is 19.7 Å². The Bertz CT molecular complexity index is 623. The number of ether oxygens (including phenoxy) is 2. The molecule has 1 saturated carbocycles. The highest BCUT2D eigenvalue weighted by Crippen LogP contribution is 2.50. The Morgan fingerprint density at radius 1 is 0.967 bits per heavy atom. The van der Waals surface area contributed by atoms with Crippen molar-refractivity contribution in [1.82, 2.24) is 10.2 Å². The van der Waals surface area contributed by atoms with Crippen molar-refractivity contribution in [3.8, 4) is 11.5 Å². The minimum atomic E-state index is 0.341. The van der Waals surface area contributed by atoms with Gasteiger partial charge in [0.05, 0.1) is 14.2 Å². The zero-order valence-electron chi connectivity index (χ0n) is 19.7. The Labute approximate surface area is 184 Å². The van der Waals surface area contributed by atoms with Crippen molar-refractivity contribution >= 4 is 0 Å². The lowest BCUT2D eigenvalue weighted by atomic mass is 9.60. The van der Waals surface area contributed by atoms with Gasteiger partial charge in [-0.1, -0.05) is 25.8 Å². The number of methoxy groups -OCH3 is 2. The molecule has 3 rings (SSSR count). The summed E-state index contributed by atoms with van der Waals surface area (Å²) in [5, 5.41) is 3.69. The van der Waals surface area contributed by atoms with Crippen LogP contribution in [0.2, 0.25) is 0 Å². The second-order valence-electron chi connectivity index (χ2n) is 9.66. The maximum absolute atomic E-state index is 5.56. The van der Waals surface area contributed by atoms with Gasteiger partial charge in [0.25, 0.3) is 0 Å². The van der Waals surface area contributed by atoms with Gasteiger partial charge >= 0.3 is 0 Å². The molecule has 1 heterocycles. The van der Waals surface area contributed by atoms with Gasteiger partial charge in [-0.15, -0.1) is 0 Å². The van der Waals surface area contributed by atoms with Gasteiger partial charge in [-0.3, -0.25) is 0 Å². The first kappa shape index (κ1) is 23.4. The summed E-state index contributed by atoms with van der Waals surface area (Å²) in [6.45, 7) is 8.69. The van der Waals surface area contributed by atoms with E-state index >= 15 is 0 Å². The molecule has 1 aliphatic carbocycles. The van der Waals surface area contributed by atoms with Crippen molar-refractivity contribution in [2.45, 2.75) is 76.5 Å². The van der Waals surface area contributed by atoms with Crippen LogP contribution in [0.5, 0.6) is 11.5 Å². The predicted octanol–water partition coefficient (Wildman–Crippen LogP) is 5.40. The highest BCUT2D eigenvalue weighted by Gasteiger charge is 2.39. The maximum Gasteiger partial charge on any atom is 0.161 e. The number of nitrogens with zero attached hydrogens (tertiary/aromatic N) is 1. The first-order valence-corrected chi connectivity index (χ1v) is 12.3. The van der Waals surface area contributed by atoms with Crippen molar-refractivity contribution in [3.05, 3.63) is 23.8 Å². The van der Waals surface area contributed by atoms with E-state index in [2.05, 4.69) is 35.3 Å². The van der Waals surface area contributed by atoms with Crippen LogP contribution in [-0.2, 0) is 5.41 Å². The summed E-state index contributed by atoms with van der Waals surface area (Å²) >= 11 is 0. The molecule has 30 heavy (non-hydrogen) atoms. The van der Waals surface area contributed by atoms with Crippen LogP contribution in [0.25, 0.3) is 0 Å². The Balaban J connectivity index is 1.35. The molecule has 0 radical (unpaired) electrons. The lowest BCUT2D eigenvalue weighted by Gasteiger charge is -2.44. The molecule has 1 aromatic rings. The normalized spacial score (nSPS) is 19.8. The standard InChI is InChI=1S/C26H44N2O2/c1-22(12-16-27-15-5-8-19-28-17-6-4-7-18-28)21-26(13-9-14-26)23-10-11-24(29-2)25(20-23)30-3/h10-11,20,22,27H,4-9,12-19,21H2,1-3H3. The van der Waals surface area contributed by atoms with E-state index in [1.807, 2.05) is 0 Å². The Morgan fingerprint density at radius 3 is 2.40 bits per heavy atom. The first-order chi connectivity index (χ1) is 14.7. The minimum Gasteiger partial charge on any atom is -0.493 e. The Hall–Kier alpha value is -1.26. The van der Waals surface area contributed by atoms with E-state index in [0.29, 0.717) is 5.41 Å². The second-order valence-corrected chi connectivity index (χ2v) is 9.66. The lowest BCUT2D eigenvalue weighted by Crippen LogP contribution is -2.36. The molecule has 1 unspecified atom stereocenters. The molecule has 0 aromatic heterocycles. The summed E-state index contributed by atoms with van der Waals surface area (Å²) in [6, 6.07) is 6.55. The molecular formula is C26H44N2O2. The molecule has 1 aromatic carbocycles. The van der Waals surface area contributed by atoms with E-state index in [-0.39, 0.29) is 0 Å². The van der Waals surface area contributed by atoms with E-state index in [1.54, 1.807) is 14.2 Å². The Kier molecular flexibility index (Phi) is 9.32. The zero-order valence-corrected chi connectivity index (χ0v) is 19.7. The molecule has 4 nitrogen and oxygen atoms in total. The van der Waals surface area contributed by atoms with Gasteiger partial charge in [0.1, 0.15) is 0 Å². The number of hydrogen-bond acceptors (Lipinski definition) is 4. The molecule has 2 aliphatic rings. The van der Waals surface area contributed by atoms with Crippen molar-refractivity contribution in [3.63, 3.8) is 0 Å². The summed E-state index contributed by atoms with van der Waals surface area (Å²) in [5.74, 6) is 2.42. The van der Waals surface area contributed by atoms with Crippen molar-refractivity contribution in [2.75, 3.05) is 46.9 Å². The number of rotatable bonds is 13. The zero-order chi connectivity index (χ0) is 21.2. The second kappa shape index (κ2) is 12.0. The smallest absolute Gasteiger partial charge is 0.161 e. The van der Waals surface area contributed by atoms with Crippen LogP contribution >= 0.6 is 0 Å². The molecule has 1 saturated heterocycles. The first-order valence-electron chi connectivity index (χ1n) is 12.3. The van der Waals surface area contributed by atoms with Gasteiger partial charge in [0.2, 0.25) is 0 Å². The molecule has 1 aliphatic heterocycles. The van der Waals surface area contributed by atoms with Crippen LogP contribution < -0.4 is 14.8 Å². The van der Waals surface area contributed by atoms with E-state index in [1.165, 1.54) is 96.0 Å². The molecule has 2 fully saturated rings. The monoisotopic (exact) mass is 416 g/mol. The van der Waals surface area contributed by atoms with Gasteiger partial charge in [-0.2, -0.15) is 0 Å². The number of likely N-dealkylation sites (tertiary alicyclic amines) is 1. The Morgan fingerprint density at radius 2 is 1.73 bits per heavy atom. The summed E-state index contributed by atoms with van der Waals surface area (Å²) < 4.78 is 11.0. The fraction of sp³-hybridized carbons (Fsp3) is 0.769.